The molecule has 0 radical (unpaired) electrons. The molecule has 2 saturated heterocycles. The van der Waals surface area contributed by atoms with Crippen molar-refractivity contribution in [2.75, 3.05) is 57.3 Å². The van der Waals surface area contributed by atoms with Crippen LogP contribution >= 0.6 is 11.3 Å². The lowest BCUT2D eigenvalue weighted by Gasteiger charge is -2.37. The van der Waals surface area contributed by atoms with Crippen molar-refractivity contribution in [2.45, 2.75) is 25.9 Å². The Kier molecular flexibility index (Phi) is 5.68. The molecule has 22 heavy (non-hydrogen) atoms. The summed E-state index contributed by atoms with van der Waals surface area (Å²) in [5.74, 6) is 0.854. The zero-order valence-corrected chi connectivity index (χ0v) is 14.3. The predicted molar refractivity (Wildman–Crippen MR) is 91.6 cm³/mol. The van der Waals surface area contributed by atoms with E-state index >= 15 is 0 Å². The van der Waals surface area contributed by atoms with Crippen molar-refractivity contribution in [3.63, 3.8) is 0 Å². The maximum Gasteiger partial charge on any atom is 0.185 e. The Bertz CT molecular complexity index is 425. The van der Waals surface area contributed by atoms with E-state index in [4.69, 9.17) is 0 Å². The molecule has 0 amide bonds. The molecule has 1 aromatic rings. The number of nitrogens with zero attached hydrogens (tertiary/aromatic N) is 4. The van der Waals surface area contributed by atoms with Crippen LogP contribution < -0.4 is 4.90 Å². The number of β-amino-alcohol motifs (C(OH)–C–C–N with tert-alkyl or cyclic N) is 1. The SMILES string of the molecule is CC1CCN(CC(O)CN2CCN(c3nccs3)CC2)CC1. The summed E-state index contributed by atoms with van der Waals surface area (Å²) in [4.78, 5) is 11.5. The Morgan fingerprint density at radius 2 is 1.77 bits per heavy atom. The predicted octanol–water partition coefficient (Wildman–Crippen LogP) is 1.36. The second-order valence-electron chi connectivity index (χ2n) is 6.74. The highest BCUT2D eigenvalue weighted by molar-refractivity contribution is 7.13. The van der Waals surface area contributed by atoms with Gasteiger partial charge in [-0.3, -0.25) is 4.90 Å². The van der Waals surface area contributed by atoms with E-state index in [9.17, 15) is 5.11 Å². The number of hydrogen-bond donors (Lipinski definition) is 1. The molecule has 2 fully saturated rings. The van der Waals surface area contributed by atoms with Gasteiger partial charge in [-0.25, -0.2) is 4.98 Å². The van der Waals surface area contributed by atoms with Gasteiger partial charge >= 0.3 is 0 Å². The minimum Gasteiger partial charge on any atom is -0.390 e. The number of aliphatic hydroxyl groups excluding tert-OH is 1. The summed E-state index contributed by atoms with van der Waals surface area (Å²) in [7, 11) is 0. The van der Waals surface area contributed by atoms with Gasteiger partial charge in [0, 0.05) is 50.8 Å². The Labute approximate surface area is 137 Å². The fourth-order valence-electron chi connectivity index (χ4n) is 3.39. The van der Waals surface area contributed by atoms with Gasteiger partial charge in [-0.05, 0) is 31.8 Å². The third kappa shape index (κ3) is 4.41. The Morgan fingerprint density at radius 1 is 1.14 bits per heavy atom. The highest BCUT2D eigenvalue weighted by Crippen LogP contribution is 2.19. The van der Waals surface area contributed by atoms with Gasteiger partial charge in [0.1, 0.15) is 0 Å². The summed E-state index contributed by atoms with van der Waals surface area (Å²) >= 11 is 1.71. The minimum absolute atomic E-state index is 0.222. The molecule has 1 aromatic heterocycles. The molecular formula is C16H28N4OS. The van der Waals surface area contributed by atoms with E-state index in [2.05, 4.69) is 26.6 Å². The van der Waals surface area contributed by atoms with Crippen molar-refractivity contribution >= 4 is 16.5 Å². The summed E-state index contributed by atoms with van der Waals surface area (Å²) in [6, 6.07) is 0. The number of rotatable bonds is 5. The van der Waals surface area contributed by atoms with E-state index < -0.39 is 0 Å². The lowest BCUT2D eigenvalue weighted by atomic mass is 9.99. The molecule has 3 heterocycles. The second-order valence-corrected chi connectivity index (χ2v) is 7.61. The van der Waals surface area contributed by atoms with E-state index in [1.165, 1.54) is 12.8 Å². The lowest BCUT2D eigenvalue weighted by Crippen LogP contribution is -2.50. The topological polar surface area (TPSA) is 42.8 Å². The average molecular weight is 324 g/mol. The van der Waals surface area contributed by atoms with Gasteiger partial charge in [-0.2, -0.15) is 0 Å². The van der Waals surface area contributed by atoms with Crippen LogP contribution in [0.3, 0.4) is 0 Å². The molecular weight excluding hydrogens is 296 g/mol. The molecule has 0 bridgehead atoms. The first kappa shape index (κ1) is 16.2. The van der Waals surface area contributed by atoms with Gasteiger partial charge < -0.3 is 14.9 Å². The van der Waals surface area contributed by atoms with Crippen LogP contribution in [-0.4, -0.2) is 78.4 Å². The van der Waals surface area contributed by atoms with Crippen molar-refractivity contribution in [1.29, 1.82) is 0 Å². The van der Waals surface area contributed by atoms with Crippen LogP contribution in [0.1, 0.15) is 19.8 Å². The standard InChI is InChI=1S/C16H28N4OS/c1-14-2-5-18(6-3-14)12-15(21)13-19-7-9-20(10-8-19)16-17-4-11-22-16/h4,11,14-15,21H,2-3,5-10,12-13H2,1H3. The first-order chi connectivity index (χ1) is 10.7. The summed E-state index contributed by atoms with van der Waals surface area (Å²) in [5.41, 5.74) is 0. The van der Waals surface area contributed by atoms with Crippen molar-refractivity contribution in [2.24, 2.45) is 5.92 Å². The number of hydrogen-bond acceptors (Lipinski definition) is 6. The molecule has 0 aliphatic carbocycles. The Balaban J connectivity index is 1.37. The van der Waals surface area contributed by atoms with Crippen LogP contribution in [0.5, 0.6) is 0 Å². The normalized spacial score (nSPS) is 23.8. The average Bonchev–Trinajstić information content (AvgIpc) is 3.05. The van der Waals surface area contributed by atoms with Crippen LogP contribution in [0.4, 0.5) is 5.13 Å². The Hall–Kier alpha value is -0.690. The van der Waals surface area contributed by atoms with Crippen molar-refractivity contribution < 1.29 is 5.11 Å². The first-order valence-corrected chi connectivity index (χ1v) is 9.36. The fraction of sp³-hybridized carbons (Fsp3) is 0.812. The second kappa shape index (κ2) is 7.73. The zero-order valence-electron chi connectivity index (χ0n) is 13.5. The highest BCUT2D eigenvalue weighted by Gasteiger charge is 2.23. The van der Waals surface area contributed by atoms with Crippen LogP contribution in [0.25, 0.3) is 0 Å². The first-order valence-electron chi connectivity index (χ1n) is 8.48. The number of aliphatic hydroxyl groups is 1. The van der Waals surface area contributed by atoms with Crippen LogP contribution in [0.2, 0.25) is 0 Å². The van der Waals surface area contributed by atoms with Gasteiger partial charge in [-0.1, -0.05) is 6.92 Å². The van der Waals surface area contributed by atoms with E-state index in [0.29, 0.717) is 0 Å². The summed E-state index contributed by atoms with van der Waals surface area (Å²) in [5, 5.41) is 13.5. The summed E-state index contributed by atoms with van der Waals surface area (Å²) < 4.78 is 0. The smallest absolute Gasteiger partial charge is 0.185 e. The number of piperazine rings is 1. The summed E-state index contributed by atoms with van der Waals surface area (Å²) in [6.45, 7) is 10.3. The van der Waals surface area contributed by atoms with Gasteiger partial charge in [0.2, 0.25) is 0 Å². The Morgan fingerprint density at radius 3 is 2.36 bits per heavy atom. The molecule has 1 unspecified atom stereocenters. The van der Waals surface area contributed by atoms with E-state index in [1.807, 2.05) is 11.6 Å². The molecule has 1 N–H and O–H groups in total. The van der Waals surface area contributed by atoms with E-state index in [-0.39, 0.29) is 6.10 Å². The molecule has 2 aliphatic rings. The van der Waals surface area contributed by atoms with Crippen molar-refractivity contribution in [1.82, 2.24) is 14.8 Å². The van der Waals surface area contributed by atoms with E-state index in [1.54, 1.807) is 11.3 Å². The number of thiazole rings is 1. The molecule has 6 heteroatoms. The zero-order chi connectivity index (χ0) is 15.4. The number of piperidine rings is 1. The third-order valence-corrected chi connectivity index (χ3v) is 5.71. The van der Waals surface area contributed by atoms with Gasteiger partial charge in [-0.15, -0.1) is 11.3 Å². The molecule has 5 nitrogen and oxygen atoms in total. The van der Waals surface area contributed by atoms with Crippen molar-refractivity contribution in [3.05, 3.63) is 11.6 Å². The molecule has 3 rings (SSSR count). The molecule has 0 spiro atoms. The van der Waals surface area contributed by atoms with Crippen LogP contribution in [-0.2, 0) is 0 Å². The molecule has 2 aliphatic heterocycles. The lowest BCUT2D eigenvalue weighted by molar-refractivity contribution is 0.0597. The number of likely N-dealkylation sites (tertiary alicyclic amines) is 1. The van der Waals surface area contributed by atoms with Gasteiger partial charge in [0.15, 0.2) is 5.13 Å². The highest BCUT2D eigenvalue weighted by atomic mass is 32.1. The maximum atomic E-state index is 10.4. The van der Waals surface area contributed by atoms with Crippen LogP contribution in [0, 0.1) is 5.92 Å². The monoisotopic (exact) mass is 324 g/mol. The minimum atomic E-state index is -0.222. The largest absolute Gasteiger partial charge is 0.390 e. The molecule has 0 aromatic carbocycles. The molecule has 124 valence electrons. The van der Waals surface area contributed by atoms with Crippen molar-refractivity contribution in [3.8, 4) is 0 Å². The van der Waals surface area contributed by atoms with Gasteiger partial charge in [0.05, 0.1) is 6.10 Å². The summed E-state index contributed by atoms with van der Waals surface area (Å²) in [6.07, 6.45) is 4.20. The number of aromatic nitrogens is 1. The molecule has 0 saturated carbocycles. The molecule has 1 atom stereocenters. The van der Waals surface area contributed by atoms with E-state index in [0.717, 1.165) is 63.4 Å². The quantitative estimate of drug-likeness (QED) is 0.886. The maximum absolute atomic E-state index is 10.4. The van der Waals surface area contributed by atoms with Crippen LogP contribution in [0.15, 0.2) is 11.6 Å². The van der Waals surface area contributed by atoms with Gasteiger partial charge in [0.25, 0.3) is 0 Å². The third-order valence-electron chi connectivity index (χ3n) is 4.88. The fourth-order valence-corrected chi connectivity index (χ4v) is 4.09. The number of anilines is 1.